The summed E-state index contributed by atoms with van der Waals surface area (Å²) >= 11 is 0. The molecule has 2 nitrogen and oxygen atoms in total. The fraction of sp³-hybridized carbons (Fsp3) is 1.00. The molecule has 1 aliphatic rings. The Bertz CT molecular complexity index is 45.0. The molecule has 1 atom stereocenters. The summed E-state index contributed by atoms with van der Waals surface area (Å²) in [6, 6.07) is 0. The van der Waals surface area contributed by atoms with Crippen LogP contribution >= 0.6 is 0 Å². The van der Waals surface area contributed by atoms with Crippen LogP contribution in [-0.4, -0.2) is 26.4 Å². The average molecular weight is 127 g/mol. The van der Waals surface area contributed by atoms with Gasteiger partial charge in [-0.2, -0.15) is 0 Å². The van der Waals surface area contributed by atoms with Crippen molar-refractivity contribution in [1.82, 2.24) is 0 Å². The molecule has 1 rings (SSSR count). The van der Waals surface area contributed by atoms with E-state index in [4.69, 9.17) is 9.47 Å². The molecule has 0 saturated carbocycles. The Kier molecular flexibility index (Phi) is 5.42. The van der Waals surface area contributed by atoms with Crippen molar-refractivity contribution < 1.29 is 60.9 Å². The summed E-state index contributed by atoms with van der Waals surface area (Å²) in [5.74, 6) is 0. The Hall–Kier alpha value is 1.56. The van der Waals surface area contributed by atoms with Gasteiger partial charge >= 0.3 is 51.4 Å². The molecule has 0 aromatic rings. The smallest absolute Gasteiger partial charge is 0.382 e. The van der Waals surface area contributed by atoms with Crippen molar-refractivity contribution in [3.8, 4) is 0 Å². The van der Waals surface area contributed by atoms with Gasteiger partial charge in [0.15, 0.2) is 0 Å². The molecule has 0 aromatic carbocycles. The molecule has 7 heavy (non-hydrogen) atoms. The predicted molar refractivity (Wildman–Crippen MR) is 21.6 cm³/mol. The second kappa shape index (κ2) is 4.44. The molecule has 0 N–H and O–H groups in total. The van der Waals surface area contributed by atoms with Crippen molar-refractivity contribution in [2.75, 3.05) is 20.3 Å². The van der Waals surface area contributed by atoms with E-state index in [1.54, 1.807) is 7.11 Å². The third kappa shape index (κ3) is 4.09. The van der Waals surface area contributed by atoms with Crippen molar-refractivity contribution in [2.45, 2.75) is 6.10 Å². The maximum Gasteiger partial charge on any atom is 1.00 e. The van der Waals surface area contributed by atoms with Crippen LogP contribution < -0.4 is 51.4 Å². The van der Waals surface area contributed by atoms with E-state index in [-0.39, 0.29) is 51.4 Å². The number of ether oxygens (including phenoxy) is 2. The quantitative estimate of drug-likeness (QED) is 0.292. The van der Waals surface area contributed by atoms with Crippen LogP contribution in [0.15, 0.2) is 0 Å². The summed E-state index contributed by atoms with van der Waals surface area (Å²) in [6.45, 7) is 1.66. The molecule has 0 amide bonds. The van der Waals surface area contributed by atoms with Crippen LogP contribution in [0, 0.1) is 0 Å². The van der Waals surface area contributed by atoms with Gasteiger partial charge < -0.3 is 9.47 Å². The Morgan fingerprint density at radius 2 is 2.43 bits per heavy atom. The van der Waals surface area contributed by atoms with E-state index in [0.29, 0.717) is 6.10 Å². The fourth-order valence-electron chi connectivity index (χ4n) is 0.350. The van der Waals surface area contributed by atoms with Crippen LogP contribution in [-0.2, 0) is 9.47 Å². The first-order chi connectivity index (χ1) is 2.93. The van der Waals surface area contributed by atoms with Crippen LogP contribution in [0.2, 0.25) is 0 Å². The standard InChI is InChI=1S/C4H8O2.K/c1-5-2-4-3-6-4;/h4H,2-3H2,1H3;/q;+1. The second-order valence-corrected chi connectivity index (χ2v) is 1.41. The van der Waals surface area contributed by atoms with Crippen LogP contribution in [0.3, 0.4) is 0 Å². The molecular weight excluding hydrogens is 119 g/mol. The molecule has 1 saturated heterocycles. The molecule has 1 aliphatic heterocycles. The van der Waals surface area contributed by atoms with Crippen LogP contribution in [0.5, 0.6) is 0 Å². The average Bonchev–Trinajstić information content (AvgIpc) is 2.21. The third-order valence-corrected chi connectivity index (χ3v) is 0.755. The van der Waals surface area contributed by atoms with Crippen molar-refractivity contribution in [1.29, 1.82) is 0 Å². The topological polar surface area (TPSA) is 21.8 Å². The molecule has 1 heterocycles. The van der Waals surface area contributed by atoms with Crippen molar-refractivity contribution in [3.63, 3.8) is 0 Å². The summed E-state index contributed by atoms with van der Waals surface area (Å²) in [6.07, 6.45) is 0.426. The zero-order valence-corrected chi connectivity index (χ0v) is 7.93. The van der Waals surface area contributed by atoms with E-state index in [9.17, 15) is 0 Å². The van der Waals surface area contributed by atoms with Crippen molar-refractivity contribution in [3.05, 3.63) is 0 Å². The minimum Gasteiger partial charge on any atom is -0.382 e. The van der Waals surface area contributed by atoms with Gasteiger partial charge in [0.05, 0.1) is 13.2 Å². The Balaban J connectivity index is 0.000000360. The van der Waals surface area contributed by atoms with Gasteiger partial charge in [0.2, 0.25) is 0 Å². The van der Waals surface area contributed by atoms with Crippen LogP contribution in [0.1, 0.15) is 0 Å². The number of methoxy groups -OCH3 is 1. The van der Waals surface area contributed by atoms with E-state index in [0.717, 1.165) is 13.2 Å². The van der Waals surface area contributed by atoms with E-state index >= 15 is 0 Å². The van der Waals surface area contributed by atoms with Gasteiger partial charge in [0.1, 0.15) is 6.10 Å². The van der Waals surface area contributed by atoms with E-state index in [1.807, 2.05) is 0 Å². The van der Waals surface area contributed by atoms with E-state index in [1.165, 1.54) is 0 Å². The molecule has 1 fully saturated rings. The number of hydrogen-bond acceptors (Lipinski definition) is 2. The minimum absolute atomic E-state index is 0. The van der Waals surface area contributed by atoms with E-state index < -0.39 is 0 Å². The first-order valence-electron chi connectivity index (χ1n) is 2.04. The number of rotatable bonds is 2. The molecule has 0 aliphatic carbocycles. The first kappa shape index (κ1) is 8.56. The molecule has 1 unspecified atom stereocenters. The van der Waals surface area contributed by atoms with Crippen LogP contribution in [0.4, 0.5) is 0 Å². The van der Waals surface area contributed by atoms with Gasteiger partial charge in [0.25, 0.3) is 0 Å². The maximum atomic E-state index is 4.82. The van der Waals surface area contributed by atoms with Gasteiger partial charge in [-0.1, -0.05) is 0 Å². The number of epoxide rings is 1. The molecule has 3 heteroatoms. The van der Waals surface area contributed by atoms with E-state index in [2.05, 4.69) is 0 Å². The van der Waals surface area contributed by atoms with Gasteiger partial charge in [-0.15, -0.1) is 0 Å². The van der Waals surface area contributed by atoms with Crippen LogP contribution in [0.25, 0.3) is 0 Å². The molecule has 0 aromatic heterocycles. The summed E-state index contributed by atoms with van der Waals surface area (Å²) in [4.78, 5) is 0. The van der Waals surface area contributed by atoms with Crippen molar-refractivity contribution >= 4 is 0 Å². The van der Waals surface area contributed by atoms with Crippen molar-refractivity contribution in [2.24, 2.45) is 0 Å². The Morgan fingerprint density at radius 1 is 1.86 bits per heavy atom. The zero-order valence-electron chi connectivity index (χ0n) is 4.81. The first-order valence-corrected chi connectivity index (χ1v) is 2.04. The summed E-state index contributed by atoms with van der Waals surface area (Å²) in [7, 11) is 1.68. The minimum atomic E-state index is 0. The largest absolute Gasteiger partial charge is 1.00 e. The number of hydrogen-bond donors (Lipinski definition) is 0. The Labute approximate surface area is 86.0 Å². The fourth-order valence-corrected chi connectivity index (χ4v) is 0.350. The summed E-state index contributed by atoms with van der Waals surface area (Å²) < 4.78 is 9.56. The SMILES string of the molecule is COCC1CO1.[K+]. The van der Waals surface area contributed by atoms with Gasteiger partial charge in [0, 0.05) is 7.11 Å². The Morgan fingerprint density at radius 3 is 2.57 bits per heavy atom. The molecule has 0 bridgehead atoms. The molecule has 0 spiro atoms. The summed E-state index contributed by atoms with van der Waals surface area (Å²) in [5, 5.41) is 0. The summed E-state index contributed by atoms with van der Waals surface area (Å²) in [5.41, 5.74) is 0. The maximum absolute atomic E-state index is 4.82. The third-order valence-electron chi connectivity index (χ3n) is 0.755. The second-order valence-electron chi connectivity index (χ2n) is 1.41. The predicted octanol–water partition coefficient (Wildman–Crippen LogP) is -2.96. The molecular formula is C4H8KO2+. The monoisotopic (exact) mass is 127 g/mol. The zero-order chi connectivity index (χ0) is 4.41. The normalized spacial score (nSPS) is 26.1. The van der Waals surface area contributed by atoms with Gasteiger partial charge in [-0.25, -0.2) is 0 Å². The molecule has 0 radical (unpaired) electrons. The molecule has 36 valence electrons. The van der Waals surface area contributed by atoms with Gasteiger partial charge in [-0.05, 0) is 0 Å². The van der Waals surface area contributed by atoms with Gasteiger partial charge in [-0.3, -0.25) is 0 Å².